The van der Waals surface area contributed by atoms with E-state index in [0.717, 1.165) is 0 Å². The van der Waals surface area contributed by atoms with Crippen LogP contribution in [0, 0.1) is 5.82 Å². The van der Waals surface area contributed by atoms with Gasteiger partial charge in [-0.2, -0.15) is 0 Å². The van der Waals surface area contributed by atoms with Gasteiger partial charge < -0.3 is 9.47 Å². The van der Waals surface area contributed by atoms with E-state index < -0.39 is 11.8 Å². The molecule has 17 heavy (non-hydrogen) atoms. The Balaban J connectivity index is 2.77. The van der Waals surface area contributed by atoms with Crippen LogP contribution >= 0.6 is 15.9 Å². The molecule has 0 unspecified atom stereocenters. The van der Waals surface area contributed by atoms with Crippen molar-refractivity contribution >= 4 is 21.9 Å². The molecule has 0 aromatic heterocycles. The predicted molar refractivity (Wildman–Crippen MR) is 65.1 cm³/mol. The van der Waals surface area contributed by atoms with E-state index in [9.17, 15) is 9.18 Å². The van der Waals surface area contributed by atoms with Crippen molar-refractivity contribution in [1.82, 2.24) is 0 Å². The van der Waals surface area contributed by atoms with Gasteiger partial charge in [0.2, 0.25) is 0 Å². The summed E-state index contributed by atoms with van der Waals surface area (Å²) in [6, 6.07) is 4.68. The second-order valence-electron chi connectivity index (χ2n) is 3.16. The summed E-state index contributed by atoms with van der Waals surface area (Å²) in [6.45, 7) is 3.54. The molecular weight excluding hydrogens is 291 g/mol. The van der Waals surface area contributed by atoms with Crippen LogP contribution in [0.5, 0.6) is 5.75 Å². The highest BCUT2D eigenvalue weighted by Crippen LogP contribution is 2.25. The van der Waals surface area contributed by atoms with Crippen molar-refractivity contribution in [3.8, 4) is 5.75 Å². The van der Waals surface area contributed by atoms with Gasteiger partial charge in [0.05, 0.1) is 17.2 Å². The summed E-state index contributed by atoms with van der Waals surface area (Å²) < 4.78 is 23.7. The molecule has 0 heterocycles. The summed E-state index contributed by atoms with van der Waals surface area (Å²) in [7, 11) is 0. The molecule has 0 saturated heterocycles. The number of hydrogen-bond acceptors (Lipinski definition) is 3. The standard InChI is InChI=1S/C12H12BrFO3/c1-3-16-11(15)7-8(2)17-10-6-4-5-9(13)12(10)14/h4-7H,3H2,1-2H3/b8-7+. The number of hydrogen-bond donors (Lipinski definition) is 0. The molecule has 0 aliphatic rings. The summed E-state index contributed by atoms with van der Waals surface area (Å²) in [5.74, 6) is -0.706. The van der Waals surface area contributed by atoms with Crippen LogP contribution in [0.4, 0.5) is 4.39 Å². The number of esters is 1. The summed E-state index contributed by atoms with van der Waals surface area (Å²) in [5.41, 5.74) is 0. The number of allylic oxidation sites excluding steroid dienone is 1. The first kappa shape index (κ1) is 13.7. The third-order valence-electron chi connectivity index (χ3n) is 1.79. The van der Waals surface area contributed by atoms with Crippen LogP contribution in [0.15, 0.2) is 34.5 Å². The van der Waals surface area contributed by atoms with E-state index in [-0.39, 0.29) is 18.1 Å². The lowest BCUT2D eigenvalue weighted by Crippen LogP contribution is -2.03. The second-order valence-corrected chi connectivity index (χ2v) is 4.02. The van der Waals surface area contributed by atoms with E-state index in [2.05, 4.69) is 15.9 Å². The highest BCUT2D eigenvalue weighted by molar-refractivity contribution is 9.10. The highest BCUT2D eigenvalue weighted by Gasteiger charge is 2.08. The Kier molecular flexibility index (Phi) is 5.15. The van der Waals surface area contributed by atoms with Crippen LogP contribution in [-0.4, -0.2) is 12.6 Å². The van der Waals surface area contributed by atoms with Gasteiger partial charge >= 0.3 is 5.97 Å². The average Bonchev–Trinajstić information content (AvgIpc) is 2.25. The zero-order valence-corrected chi connectivity index (χ0v) is 11.1. The molecule has 0 saturated carbocycles. The first-order valence-electron chi connectivity index (χ1n) is 5.01. The first-order chi connectivity index (χ1) is 8.04. The number of carbonyl (C=O) groups is 1. The Morgan fingerprint density at radius 2 is 2.24 bits per heavy atom. The third kappa shape index (κ3) is 4.19. The lowest BCUT2D eigenvalue weighted by atomic mass is 10.3. The number of benzene rings is 1. The fourth-order valence-electron chi connectivity index (χ4n) is 1.12. The Labute approximate surface area is 107 Å². The van der Waals surface area contributed by atoms with Crippen molar-refractivity contribution in [2.45, 2.75) is 13.8 Å². The molecular formula is C12H12BrFO3. The van der Waals surface area contributed by atoms with E-state index in [1.165, 1.54) is 12.1 Å². The van der Waals surface area contributed by atoms with Crippen molar-refractivity contribution < 1.29 is 18.7 Å². The maximum absolute atomic E-state index is 13.5. The van der Waals surface area contributed by atoms with Crippen molar-refractivity contribution in [3.63, 3.8) is 0 Å². The minimum atomic E-state index is -0.514. The van der Waals surface area contributed by atoms with Gasteiger partial charge in [0.1, 0.15) is 5.76 Å². The van der Waals surface area contributed by atoms with Crippen molar-refractivity contribution in [2.75, 3.05) is 6.61 Å². The molecule has 1 rings (SSSR count). The fraction of sp³-hybridized carbons (Fsp3) is 0.250. The maximum Gasteiger partial charge on any atom is 0.334 e. The molecule has 92 valence electrons. The number of carbonyl (C=O) groups excluding carboxylic acids is 1. The van der Waals surface area contributed by atoms with Crippen LogP contribution < -0.4 is 4.74 Å². The van der Waals surface area contributed by atoms with Crippen molar-refractivity contribution in [3.05, 3.63) is 40.3 Å². The van der Waals surface area contributed by atoms with E-state index in [0.29, 0.717) is 4.47 Å². The fourth-order valence-corrected chi connectivity index (χ4v) is 1.46. The van der Waals surface area contributed by atoms with E-state index in [4.69, 9.17) is 9.47 Å². The molecule has 5 heteroatoms. The van der Waals surface area contributed by atoms with E-state index in [1.54, 1.807) is 26.0 Å². The average molecular weight is 303 g/mol. The SMILES string of the molecule is CCOC(=O)/C=C(\C)Oc1cccc(Br)c1F. The lowest BCUT2D eigenvalue weighted by Gasteiger charge is -2.07. The van der Waals surface area contributed by atoms with Crippen LogP contribution in [-0.2, 0) is 9.53 Å². The van der Waals surface area contributed by atoms with Crippen LogP contribution in [0.3, 0.4) is 0 Å². The number of halogens is 2. The molecule has 0 spiro atoms. The highest BCUT2D eigenvalue weighted by atomic mass is 79.9. The molecule has 0 fully saturated rings. The minimum absolute atomic E-state index is 0.0532. The molecule has 1 aromatic rings. The Hall–Kier alpha value is -1.36. The van der Waals surface area contributed by atoms with Crippen molar-refractivity contribution in [2.24, 2.45) is 0 Å². The van der Waals surface area contributed by atoms with Gasteiger partial charge in [-0.05, 0) is 41.9 Å². The quantitative estimate of drug-likeness (QED) is 0.485. The summed E-state index contributed by atoms with van der Waals surface area (Å²) in [6.07, 6.45) is 1.17. The molecule has 0 aliphatic carbocycles. The smallest absolute Gasteiger partial charge is 0.334 e. The van der Waals surface area contributed by atoms with Gasteiger partial charge in [0, 0.05) is 0 Å². The van der Waals surface area contributed by atoms with Gasteiger partial charge in [-0.3, -0.25) is 0 Å². The van der Waals surface area contributed by atoms with Crippen LogP contribution in [0.1, 0.15) is 13.8 Å². The zero-order valence-electron chi connectivity index (χ0n) is 9.50. The normalized spacial score (nSPS) is 11.2. The molecule has 3 nitrogen and oxygen atoms in total. The Morgan fingerprint density at radius 3 is 2.88 bits per heavy atom. The predicted octanol–water partition coefficient (Wildman–Crippen LogP) is 3.43. The number of rotatable bonds is 4. The van der Waals surface area contributed by atoms with Crippen LogP contribution in [0.25, 0.3) is 0 Å². The minimum Gasteiger partial charge on any atom is -0.463 e. The monoisotopic (exact) mass is 302 g/mol. The van der Waals surface area contributed by atoms with Crippen molar-refractivity contribution in [1.29, 1.82) is 0 Å². The number of ether oxygens (including phenoxy) is 2. The van der Waals surface area contributed by atoms with Gasteiger partial charge in [0.25, 0.3) is 0 Å². The van der Waals surface area contributed by atoms with Gasteiger partial charge in [0.15, 0.2) is 11.6 Å². The molecule has 0 bridgehead atoms. The largest absolute Gasteiger partial charge is 0.463 e. The lowest BCUT2D eigenvalue weighted by molar-refractivity contribution is -0.137. The van der Waals surface area contributed by atoms with Crippen LogP contribution in [0.2, 0.25) is 0 Å². The molecule has 1 aromatic carbocycles. The van der Waals surface area contributed by atoms with Gasteiger partial charge in [-0.25, -0.2) is 9.18 Å². The molecule has 0 N–H and O–H groups in total. The summed E-state index contributed by atoms with van der Waals surface area (Å²) in [4.78, 5) is 11.1. The summed E-state index contributed by atoms with van der Waals surface area (Å²) >= 11 is 3.05. The first-order valence-corrected chi connectivity index (χ1v) is 5.80. The second kappa shape index (κ2) is 6.39. The van der Waals surface area contributed by atoms with Gasteiger partial charge in [-0.1, -0.05) is 6.07 Å². The maximum atomic E-state index is 13.5. The zero-order chi connectivity index (χ0) is 12.8. The Morgan fingerprint density at radius 1 is 1.53 bits per heavy atom. The topological polar surface area (TPSA) is 35.5 Å². The van der Waals surface area contributed by atoms with Gasteiger partial charge in [-0.15, -0.1) is 0 Å². The molecule has 0 atom stereocenters. The molecule has 0 amide bonds. The summed E-state index contributed by atoms with van der Waals surface area (Å²) in [5, 5.41) is 0. The van der Waals surface area contributed by atoms with E-state index in [1.807, 2.05) is 0 Å². The Bertz CT molecular complexity index is 443. The van der Waals surface area contributed by atoms with E-state index >= 15 is 0 Å². The molecule has 0 radical (unpaired) electrons. The third-order valence-corrected chi connectivity index (χ3v) is 2.41. The molecule has 0 aliphatic heterocycles.